The van der Waals surface area contributed by atoms with E-state index >= 15 is 0 Å². The number of halogens is 2. The van der Waals surface area contributed by atoms with Gasteiger partial charge in [-0.15, -0.1) is 0 Å². The lowest BCUT2D eigenvalue weighted by Crippen LogP contribution is -2.29. The third-order valence-electron chi connectivity index (χ3n) is 3.03. The Morgan fingerprint density at radius 1 is 1.50 bits per heavy atom. The first-order chi connectivity index (χ1) is 7.68. The smallest absolute Gasteiger partial charge is 0.141 e. The van der Waals surface area contributed by atoms with Crippen molar-refractivity contribution >= 4 is 11.6 Å². The highest BCUT2D eigenvalue weighted by atomic mass is 35.5. The molecule has 1 aliphatic rings. The Morgan fingerprint density at radius 2 is 2.31 bits per heavy atom. The van der Waals surface area contributed by atoms with Gasteiger partial charge in [0.05, 0.1) is 11.6 Å². The van der Waals surface area contributed by atoms with E-state index < -0.39 is 5.82 Å². The molecule has 4 heteroatoms. The zero-order valence-electron chi connectivity index (χ0n) is 8.96. The molecule has 0 amide bonds. The van der Waals surface area contributed by atoms with Gasteiger partial charge in [0.2, 0.25) is 0 Å². The first-order valence-electron chi connectivity index (χ1n) is 5.47. The second-order valence-electron chi connectivity index (χ2n) is 4.18. The van der Waals surface area contributed by atoms with E-state index in [-0.39, 0.29) is 11.1 Å². The van der Waals surface area contributed by atoms with Gasteiger partial charge in [-0.3, -0.25) is 0 Å². The van der Waals surface area contributed by atoms with Crippen LogP contribution in [0.2, 0.25) is 5.02 Å². The van der Waals surface area contributed by atoms with Crippen LogP contribution < -0.4 is 5.73 Å². The van der Waals surface area contributed by atoms with Gasteiger partial charge in [0.25, 0.3) is 0 Å². The van der Waals surface area contributed by atoms with Crippen LogP contribution in [0, 0.1) is 11.7 Å². The maximum absolute atomic E-state index is 13.0. The van der Waals surface area contributed by atoms with Gasteiger partial charge in [0.15, 0.2) is 0 Å². The Bertz CT molecular complexity index is 366. The molecule has 1 fully saturated rings. The van der Waals surface area contributed by atoms with Crippen molar-refractivity contribution in [2.45, 2.75) is 18.9 Å². The molecule has 0 radical (unpaired) electrons. The third-order valence-corrected chi connectivity index (χ3v) is 3.32. The fourth-order valence-corrected chi connectivity index (χ4v) is 2.23. The summed E-state index contributed by atoms with van der Waals surface area (Å²) >= 11 is 5.74. The molecule has 88 valence electrons. The van der Waals surface area contributed by atoms with Gasteiger partial charge in [0.1, 0.15) is 5.82 Å². The van der Waals surface area contributed by atoms with Gasteiger partial charge in [0, 0.05) is 18.6 Å². The number of hydrogen-bond donors (Lipinski definition) is 1. The lowest BCUT2D eigenvalue weighted by Gasteiger charge is -2.27. The van der Waals surface area contributed by atoms with Crippen molar-refractivity contribution in [2.24, 2.45) is 11.7 Å². The van der Waals surface area contributed by atoms with Crippen LogP contribution in [0.15, 0.2) is 18.2 Å². The quantitative estimate of drug-likeness (QED) is 0.867. The summed E-state index contributed by atoms with van der Waals surface area (Å²) in [6, 6.07) is 4.54. The number of ether oxygens (including phenoxy) is 1. The van der Waals surface area contributed by atoms with Gasteiger partial charge in [-0.25, -0.2) is 4.39 Å². The van der Waals surface area contributed by atoms with Gasteiger partial charge >= 0.3 is 0 Å². The zero-order chi connectivity index (χ0) is 11.5. The van der Waals surface area contributed by atoms with Crippen LogP contribution in [0.25, 0.3) is 0 Å². The fourth-order valence-electron chi connectivity index (χ4n) is 2.04. The molecule has 1 aromatic carbocycles. The summed E-state index contributed by atoms with van der Waals surface area (Å²) in [5.41, 5.74) is 7.00. The number of hydrogen-bond acceptors (Lipinski definition) is 2. The van der Waals surface area contributed by atoms with Crippen LogP contribution in [0.1, 0.15) is 24.4 Å². The molecule has 1 aromatic rings. The van der Waals surface area contributed by atoms with Crippen LogP contribution in [0.5, 0.6) is 0 Å². The summed E-state index contributed by atoms with van der Waals surface area (Å²) in [4.78, 5) is 0. The lowest BCUT2D eigenvalue weighted by atomic mass is 9.89. The van der Waals surface area contributed by atoms with Gasteiger partial charge in [-0.2, -0.15) is 0 Å². The van der Waals surface area contributed by atoms with E-state index in [4.69, 9.17) is 22.1 Å². The highest BCUT2D eigenvalue weighted by molar-refractivity contribution is 6.30. The first-order valence-corrected chi connectivity index (χ1v) is 5.84. The van der Waals surface area contributed by atoms with E-state index in [1.54, 1.807) is 12.1 Å². The fraction of sp³-hybridized carbons (Fsp3) is 0.500. The van der Waals surface area contributed by atoms with Crippen LogP contribution >= 0.6 is 11.6 Å². The molecular formula is C12H15ClFNO. The van der Waals surface area contributed by atoms with Crippen molar-refractivity contribution in [1.29, 1.82) is 0 Å². The highest BCUT2D eigenvalue weighted by Crippen LogP contribution is 2.28. The summed E-state index contributed by atoms with van der Waals surface area (Å²) in [6.07, 6.45) is 2.09. The molecule has 1 aliphatic heterocycles. The summed E-state index contributed by atoms with van der Waals surface area (Å²) in [6.45, 7) is 1.49. The Labute approximate surface area is 99.5 Å². The Kier molecular flexibility index (Phi) is 3.79. The molecule has 0 spiro atoms. The van der Waals surface area contributed by atoms with Crippen molar-refractivity contribution < 1.29 is 9.13 Å². The zero-order valence-corrected chi connectivity index (χ0v) is 9.71. The molecule has 0 bridgehead atoms. The van der Waals surface area contributed by atoms with Gasteiger partial charge in [-0.1, -0.05) is 17.7 Å². The van der Waals surface area contributed by atoms with Gasteiger partial charge < -0.3 is 10.5 Å². The van der Waals surface area contributed by atoms with Crippen molar-refractivity contribution in [3.8, 4) is 0 Å². The van der Waals surface area contributed by atoms with Crippen LogP contribution in [-0.2, 0) is 4.74 Å². The van der Waals surface area contributed by atoms with Crippen molar-refractivity contribution in [1.82, 2.24) is 0 Å². The van der Waals surface area contributed by atoms with E-state index in [0.29, 0.717) is 12.5 Å². The predicted octanol–water partition coefficient (Wildman–Crippen LogP) is 2.91. The minimum Gasteiger partial charge on any atom is -0.381 e. The average Bonchev–Trinajstić information content (AvgIpc) is 2.33. The SMILES string of the molecule is NC(c1ccc(F)c(Cl)c1)C1CCCOC1. The molecule has 2 rings (SSSR count). The normalized spacial score (nSPS) is 23.1. The van der Waals surface area contributed by atoms with Crippen LogP contribution in [0.4, 0.5) is 4.39 Å². The molecular weight excluding hydrogens is 229 g/mol. The van der Waals surface area contributed by atoms with Crippen molar-refractivity contribution in [3.63, 3.8) is 0 Å². The molecule has 2 unspecified atom stereocenters. The molecule has 0 saturated carbocycles. The minimum absolute atomic E-state index is 0.126. The van der Waals surface area contributed by atoms with E-state index in [9.17, 15) is 4.39 Å². The van der Waals surface area contributed by atoms with Crippen LogP contribution in [0.3, 0.4) is 0 Å². The van der Waals surface area contributed by atoms with E-state index in [1.165, 1.54) is 6.07 Å². The summed E-state index contributed by atoms with van der Waals surface area (Å²) < 4.78 is 18.4. The summed E-state index contributed by atoms with van der Waals surface area (Å²) in [5, 5.41) is 0.129. The second-order valence-corrected chi connectivity index (χ2v) is 4.58. The van der Waals surface area contributed by atoms with E-state index in [1.807, 2.05) is 0 Å². The third kappa shape index (κ3) is 2.54. The minimum atomic E-state index is -0.405. The Balaban J connectivity index is 2.12. The monoisotopic (exact) mass is 243 g/mol. The summed E-state index contributed by atoms with van der Waals surface area (Å²) in [7, 11) is 0. The Morgan fingerprint density at radius 3 is 2.94 bits per heavy atom. The second kappa shape index (κ2) is 5.13. The number of rotatable bonds is 2. The number of benzene rings is 1. The maximum Gasteiger partial charge on any atom is 0.141 e. The Hall–Kier alpha value is -0.640. The van der Waals surface area contributed by atoms with E-state index in [2.05, 4.69) is 0 Å². The van der Waals surface area contributed by atoms with Gasteiger partial charge in [-0.05, 0) is 30.5 Å². The largest absolute Gasteiger partial charge is 0.381 e. The van der Waals surface area contributed by atoms with Crippen LogP contribution in [-0.4, -0.2) is 13.2 Å². The molecule has 1 heterocycles. The highest BCUT2D eigenvalue weighted by Gasteiger charge is 2.22. The maximum atomic E-state index is 13.0. The lowest BCUT2D eigenvalue weighted by molar-refractivity contribution is 0.0447. The molecule has 2 nitrogen and oxygen atoms in total. The topological polar surface area (TPSA) is 35.2 Å². The molecule has 0 aromatic heterocycles. The van der Waals surface area contributed by atoms with Crippen molar-refractivity contribution in [2.75, 3.05) is 13.2 Å². The average molecular weight is 244 g/mol. The summed E-state index contributed by atoms with van der Waals surface area (Å²) in [5.74, 6) is -0.104. The standard InChI is InChI=1S/C12H15ClFNO/c13-10-6-8(3-4-11(10)14)12(15)9-2-1-5-16-7-9/h3-4,6,9,12H,1-2,5,7,15H2. The number of nitrogens with two attached hydrogens (primary N) is 1. The molecule has 2 atom stereocenters. The predicted molar refractivity (Wildman–Crippen MR) is 61.9 cm³/mol. The first kappa shape index (κ1) is 11.8. The molecule has 1 saturated heterocycles. The molecule has 2 N–H and O–H groups in total. The van der Waals surface area contributed by atoms with Crippen molar-refractivity contribution in [3.05, 3.63) is 34.6 Å². The molecule has 0 aliphatic carbocycles. The van der Waals surface area contributed by atoms with E-state index in [0.717, 1.165) is 25.0 Å². The molecule has 16 heavy (non-hydrogen) atoms.